The quantitative estimate of drug-likeness (QED) is 0.557. The monoisotopic (exact) mass is 284 g/mol. The molecule has 1 saturated carbocycles. The molecule has 0 amide bonds. The van der Waals surface area contributed by atoms with E-state index in [0.29, 0.717) is 0 Å². The van der Waals surface area contributed by atoms with Gasteiger partial charge in [-0.2, -0.15) is 0 Å². The zero-order valence-corrected chi connectivity index (χ0v) is 13.6. The van der Waals surface area contributed by atoms with Gasteiger partial charge < -0.3 is 0 Å². The highest BCUT2D eigenvalue weighted by molar-refractivity contribution is 6.32. The van der Waals surface area contributed by atoms with Crippen LogP contribution in [0.2, 0.25) is 5.82 Å². The second-order valence-electron chi connectivity index (χ2n) is 6.69. The number of hydrogen-bond acceptors (Lipinski definition) is 0. The largest absolute Gasteiger partial charge is 0.139 e. The molecule has 0 N–H and O–H groups in total. The first-order valence-electron chi connectivity index (χ1n) is 8.39. The van der Waals surface area contributed by atoms with E-state index in [4.69, 9.17) is 0 Å². The Morgan fingerprint density at radius 3 is 1.77 bits per heavy atom. The van der Waals surface area contributed by atoms with Crippen molar-refractivity contribution < 1.29 is 0 Å². The number of rotatable bonds is 1. The zero-order chi connectivity index (χ0) is 15.4. The average Bonchev–Trinajstić information content (AvgIpc) is 2.56. The lowest BCUT2D eigenvalue weighted by Gasteiger charge is -2.26. The minimum absolute atomic E-state index is 0.760. The second kappa shape index (κ2) is 6.93. The van der Waals surface area contributed by atoms with Crippen molar-refractivity contribution in [3.8, 4) is 11.8 Å². The Balaban J connectivity index is 1.68. The van der Waals surface area contributed by atoms with Gasteiger partial charge in [0.1, 0.15) is 15.7 Å². The van der Waals surface area contributed by atoms with Gasteiger partial charge in [-0.05, 0) is 48.6 Å². The van der Waals surface area contributed by atoms with E-state index in [2.05, 4.69) is 76.1 Å². The van der Waals surface area contributed by atoms with Crippen LogP contribution in [0.25, 0.3) is 0 Å². The lowest BCUT2D eigenvalue weighted by molar-refractivity contribution is 0.444. The van der Waals surface area contributed by atoms with Crippen molar-refractivity contribution in [1.29, 1.82) is 0 Å². The second-order valence-corrected chi connectivity index (χ2v) is 6.69. The molecule has 2 aromatic carbocycles. The Morgan fingerprint density at radius 1 is 0.727 bits per heavy atom. The molecule has 0 atom stereocenters. The van der Waals surface area contributed by atoms with Gasteiger partial charge in [-0.25, -0.2) is 0 Å². The van der Waals surface area contributed by atoms with E-state index < -0.39 is 0 Å². The summed E-state index contributed by atoms with van der Waals surface area (Å²) in [6.07, 6.45) is 5.43. The molecule has 0 nitrogen and oxygen atoms in total. The smallest absolute Gasteiger partial charge is 0.0889 e. The van der Waals surface area contributed by atoms with Crippen LogP contribution in [0.15, 0.2) is 48.5 Å². The van der Waals surface area contributed by atoms with Crippen LogP contribution in [0.4, 0.5) is 0 Å². The normalized spacial score (nSPS) is 20.9. The van der Waals surface area contributed by atoms with E-state index in [9.17, 15) is 0 Å². The first-order chi connectivity index (χ1) is 10.7. The third kappa shape index (κ3) is 3.86. The first-order valence-corrected chi connectivity index (χ1v) is 8.39. The molecule has 0 heterocycles. The summed E-state index contributed by atoms with van der Waals surface area (Å²) in [4.78, 5) is 0. The van der Waals surface area contributed by atoms with Gasteiger partial charge in [-0.15, -0.1) is 0 Å². The van der Waals surface area contributed by atoms with Crippen LogP contribution >= 0.6 is 0 Å². The van der Waals surface area contributed by atoms with E-state index in [1.165, 1.54) is 36.7 Å². The molecule has 0 saturated heterocycles. The highest BCUT2D eigenvalue weighted by atomic mass is 14.2. The van der Waals surface area contributed by atoms with Crippen LogP contribution in [0.5, 0.6) is 0 Å². The molecule has 0 aromatic heterocycles. The van der Waals surface area contributed by atoms with Crippen molar-refractivity contribution in [2.24, 2.45) is 0 Å². The maximum absolute atomic E-state index is 3.27. The third-order valence-electron chi connectivity index (χ3n) is 4.80. The molecular weight excluding hydrogens is 262 g/mol. The molecule has 2 heteroatoms. The minimum atomic E-state index is 0.760. The maximum Gasteiger partial charge on any atom is 0.139 e. The van der Waals surface area contributed by atoms with Gasteiger partial charge in [0.15, 0.2) is 0 Å². The van der Waals surface area contributed by atoms with Crippen molar-refractivity contribution in [3.63, 3.8) is 0 Å². The van der Waals surface area contributed by atoms with Crippen molar-refractivity contribution in [2.75, 3.05) is 0 Å². The molecule has 0 spiro atoms. The molecule has 22 heavy (non-hydrogen) atoms. The standard InChI is InChI=1S/C20H22B2/c21-19-11-5-16(6-12-19)2-1-15-3-7-17(8-4-15)18-9-13-20(22)14-10-18/h3-8,11-12,18,20H,9-10,13-14,21-22H2. The fourth-order valence-electron chi connectivity index (χ4n) is 3.21. The topological polar surface area (TPSA) is 0 Å². The molecule has 1 aliphatic rings. The lowest BCUT2D eigenvalue weighted by atomic mass is 9.70. The molecule has 1 aliphatic carbocycles. The predicted octanol–water partition coefficient (Wildman–Crippen LogP) is 2.42. The first kappa shape index (κ1) is 15.0. The summed E-state index contributed by atoms with van der Waals surface area (Å²) in [5.41, 5.74) is 4.95. The van der Waals surface area contributed by atoms with E-state index in [1.54, 1.807) is 0 Å². The van der Waals surface area contributed by atoms with Gasteiger partial charge in [0.2, 0.25) is 0 Å². The Bertz CT molecular complexity index is 666. The van der Waals surface area contributed by atoms with Gasteiger partial charge >= 0.3 is 0 Å². The lowest BCUT2D eigenvalue weighted by Crippen LogP contribution is -2.09. The molecule has 2 aromatic rings. The molecule has 3 rings (SSSR count). The van der Waals surface area contributed by atoms with Crippen molar-refractivity contribution in [1.82, 2.24) is 0 Å². The third-order valence-corrected chi connectivity index (χ3v) is 4.80. The van der Waals surface area contributed by atoms with Gasteiger partial charge in [-0.1, -0.05) is 60.2 Å². The van der Waals surface area contributed by atoms with E-state index in [0.717, 1.165) is 22.9 Å². The molecule has 0 bridgehead atoms. The predicted molar refractivity (Wildman–Crippen MR) is 101 cm³/mol. The molecular formula is C20H22B2. The van der Waals surface area contributed by atoms with Crippen molar-refractivity contribution >= 4 is 21.2 Å². The van der Waals surface area contributed by atoms with Crippen molar-refractivity contribution in [3.05, 3.63) is 65.2 Å². The van der Waals surface area contributed by atoms with E-state index in [-0.39, 0.29) is 0 Å². The number of hydrogen-bond donors (Lipinski definition) is 0. The Kier molecular flexibility index (Phi) is 4.74. The van der Waals surface area contributed by atoms with Crippen LogP contribution in [0, 0.1) is 11.8 Å². The SMILES string of the molecule is Bc1ccc(C#Cc2ccc(C3CCC(B)CC3)cc2)cc1. The summed E-state index contributed by atoms with van der Waals surface area (Å²) >= 11 is 0. The van der Waals surface area contributed by atoms with Crippen molar-refractivity contribution in [2.45, 2.75) is 37.4 Å². The fourth-order valence-corrected chi connectivity index (χ4v) is 3.21. The van der Waals surface area contributed by atoms with E-state index >= 15 is 0 Å². The Morgan fingerprint density at radius 2 is 1.23 bits per heavy atom. The van der Waals surface area contributed by atoms with Crippen LogP contribution < -0.4 is 5.46 Å². The highest BCUT2D eigenvalue weighted by Crippen LogP contribution is 2.36. The van der Waals surface area contributed by atoms with E-state index in [1.807, 2.05) is 0 Å². The molecule has 1 fully saturated rings. The minimum Gasteiger partial charge on any atom is -0.0889 e. The summed E-state index contributed by atoms with van der Waals surface area (Å²) in [6.45, 7) is 0. The molecule has 0 unspecified atom stereocenters. The van der Waals surface area contributed by atoms with Crippen LogP contribution in [0.1, 0.15) is 48.3 Å². The summed E-state index contributed by atoms with van der Waals surface area (Å²) in [6, 6.07) is 17.3. The number of benzene rings is 2. The highest BCUT2D eigenvalue weighted by Gasteiger charge is 2.19. The summed E-state index contributed by atoms with van der Waals surface area (Å²) in [5, 5.41) is 0. The molecule has 108 valence electrons. The van der Waals surface area contributed by atoms with Gasteiger partial charge in [0, 0.05) is 11.1 Å². The van der Waals surface area contributed by atoms with Gasteiger partial charge in [0.05, 0.1) is 0 Å². The van der Waals surface area contributed by atoms with Crippen LogP contribution in [0.3, 0.4) is 0 Å². The Labute approximate surface area is 136 Å². The summed E-state index contributed by atoms with van der Waals surface area (Å²) in [5.74, 6) is 8.18. The summed E-state index contributed by atoms with van der Waals surface area (Å²) < 4.78 is 0. The Hall–Kier alpha value is -1.87. The maximum atomic E-state index is 3.27. The zero-order valence-electron chi connectivity index (χ0n) is 13.6. The summed E-state index contributed by atoms with van der Waals surface area (Å²) in [7, 11) is 4.47. The molecule has 0 aliphatic heterocycles. The van der Waals surface area contributed by atoms with Crippen LogP contribution in [-0.2, 0) is 0 Å². The fraction of sp³-hybridized carbons (Fsp3) is 0.300. The van der Waals surface area contributed by atoms with Crippen LogP contribution in [-0.4, -0.2) is 15.7 Å². The average molecular weight is 284 g/mol. The van der Waals surface area contributed by atoms with Gasteiger partial charge in [-0.3, -0.25) is 0 Å². The van der Waals surface area contributed by atoms with Gasteiger partial charge in [0.25, 0.3) is 0 Å². The molecule has 0 radical (unpaired) electrons.